The largest absolute Gasteiger partial charge is 0.423 e. The van der Waals surface area contributed by atoms with E-state index in [1.807, 2.05) is 0 Å². The van der Waals surface area contributed by atoms with Crippen molar-refractivity contribution < 1.29 is 30.8 Å². The van der Waals surface area contributed by atoms with Gasteiger partial charge < -0.3 is 4.42 Å². The third-order valence-corrected chi connectivity index (χ3v) is 6.87. The fourth-order valence-corrected chi connectivity index (χ4v) is 4.86. The molecule has 1 aliphatic carbocycles. The first-order valence-corrected chi connectivity index (χ1v) is 11.4. The maximum Gasteiger partial charge on any atom is 0.417 e. The summed E-state index contributed by atoms with van der Waals surface area (Å²) in [6, 6.07) is 9.07. The molecule has 1 unspecified atom stereocenters. The lowest BCUT2D eigenvalue weighted by Crippen LogP contribution is -2.16. The molecule has 172 valence electrons. The second kappa shape index (κ2) is 7.87. The minimum absolute atomic E-state index is 0.0566. The Morgan fingerprint density at radius 2 is 1.79 bits per heavy atom. The van der Waals surface area contributed by atoms with Gasteiger partial charge in [0, 0.05) is 23.4 Å². The molecule has 1 heterocycles. The zero-order valence-corrected chi connectivity index (χ0v) is 18.3. The maximum atomic E-state index is 13.7. The van der Waals surface area contributed by atoms with Crippen LogP contribution in [-0.4, -0.2) is 20.4 Å². The third kappa shape index (κ3) is 4.43. The molecule has 1 aromatic heterocycles. The van der Waals surface area contributed by atoms with Gasteiger partial charge in [0.15, 0.2) is 5.78 Å². The van der Waals surface area contributed by atoms with Gasteiger partial charge in [0.1, 0.15) is 5.58 Å². The number of nitrogens with one attached hydrogen (secondary N) is 1. The van der Waals surface area contributed by atoms with Crippen LogP contribution in [0.1, 0.15) is 23.6 Å². The number of rotatable bonds is 3. The number of carbonyl (C=O) groups excluding carboxylic acids is 1. The number of allylic oxidation sites excluding steroid dienone is 2. The molecule has 33 heavy (non-hydrogen) atoms. The predicted molar refractivity (Wildman–Crippen MR) is 116 cm³/mol. The molecule has 0 saturated carbocycles. The minimum Gasteiger partial charge on any atom is -0.423 e. The van der Waals surface area contributed by atoms with Crippen LogP contribution in [0.25, 0.3) is 16.5 Å². The second-order valence-corrected chi connectivity index (χ2v) is 9.63. The molecule has 0 aliphatic heterocycles. The molecule has 1 atom stereocenters. The summed E-state index contributed by atoms with van der Waals surface area (Å²) >= 11 is 0. The van der Waals surface area contributed by atoms with Crippen molar-refractivity contribution in [3.63, 3.8) is 0 Å². The van der Waals surface area contributed by atoms with Crippen molar-refractivity contribution >= 4 is 38.0 Å². The first-order valence-electron chi connectivity index (χ1n) is 9.88. The monoisotopic (exact) mass is 477 g/mol. The van der Waals surface area contributed by atoms with Crippen LogP contribution in [0.3, 0.4) is 0 Å². The molecule has 0 amide bonds. The highest BCUT2D eigenvalue weighted by molar-refractivity contribution is 7.92. The van der Waals surface area contributed by atoms with Crippen LogP contribution in [-0.2, 0) is 21.2 Å². The Kier molecular flexibility index (Phi) is 5.44. The fraction of sp³-hybridized carbons (Fsp3) is 0.217. The van der Waals surface area contributed by atoms with Crippen molar-refractivity contribution in [3.05, 3.63) is 75.7 Å². The van der Waals surface area contributed by atoms with Crippen LogP contribution in [0.5, 0.6) is 0 Å². The van der Waals surface area contributed by atoms with Crippen LogP contribution in [0.2, 0.25) is 0 Å². The summed E-state index contributed by atoms with van der Waals surface area (Å²) < 4.78 is 74.3. The minimum atomic E-state index is -4.84. The van der Waals surface area contributed by atoms with Crippen LogP contribution in [0.4, 0.5) is 18.9 Å². The lowest BCUT2D eigenvalue weighted by Gasteiger charge is -2.16. The fourth-order valence-electron chi connectivity index (χ4n) is 3.78. The van der Waals surface area contributed by atoms with Crippen LogP contribution in [0.15, 0.2) is 62.6 Å². The zero-order valence-electron chi connectivity index (χ0n) is 17.5. The van der Waals surface area contributed by atoms with Crippen LogP contribution >= 0.6 is 0 Å². The van der Waals surface area contributed by atoms with E-state index in [1.54, 1.807) is 13.0 Å². The number of hydrogen-bond acceptors (Lipinski definition) is 5. The molecule has 0 spiro atoms. The first kappa shape index (κ1) is 22.8. The first-order chi connectivity index (χ1) is 15.3. The molecule has 2 aromatic carbocycles. The summed E-state index contributed by atoms with van der Waals surface area (Å²) in [5.41, 5.74) is -0.995. The van der Waals surface area contributed by atoms with Crippen molar-refractivity contribution in [2.24, 2.45) is 5.92 Å². The van der Waals surface area contributed by atoms with Gasteiger partial charge in [-0.15, -0.1) is 0 Å². The number of aryl methyl sites for hydroxylation is 1. The van der Waals surface area contributed by atoms with Crippen molar-refractivity contribution in [1.82, 2.24) is 0 Å². The SMILES string of the molecule is Cc1cc(=O)oc2cc(NS(=O)(=O)c3ccc4c(c3)C(C(F)(F)F)=CC(=O)C(C)C4)ccc12. The van der Waals surface area contributed by atoms with E-state index in [9.17, 15) is 31.2 Å². The van der Waals surface area contributed by atoms with E-state index >= 15 is 0 Å². The number of alkyl halides is 3. The number of sulfonamides is 1. The molecule has 0 fully saturated rings. The Morgan fingerprint density at radius 3 is 2.48 bits per heavy atom. The quantitative estimate of drug-likeness (QED) is 0.556. The van der Waals surface area contributed by atoms with Gasteiger partial charge in [0.25, 0.3) is 10.0 Å². The molecule has 6 nitrogen and oxygen atoms in total. The molecular formula is C23H18F3NO5S. The molecule has 3 aromatic rings. The molecule has 0 radical (unpaired) electrons. The van der Waals surface area contributed by atoms with E-state index in [4.69, 9.17) is 4.42 Å². The van der Waals surface area contributed by atoms with Crippen LogP contribution < -0.4 is 10.3 Å². The number of halogens is 3. The number of carbonyl (C=O) groups is 1. The van der Waals surface area contributed by atoms with E-state index in [0.29, 0.717) is 17.0 Å². The van der Waals surface area contributed by atoms with Gasteiger partial charge in [-0.3, -0.25) is 9.52 Å². The van der Waals surface area contributed by atoms with Gasteiger partial charge in [0.05, 0.1) is 16.2 Å². The summed E-state index contributed by atoms with van der Waals surface area (Å²) in [4.78, 5) is 23.3. The van der Waals surface area contributed by atoms with Crippen molar-refractivity contribution in [1.29, 1.82) is 0 Å². The standard InChI is InChI=1S/C23H18F3NO5S/c1-12-8-22(29)32-21-9-15(4-6-17(12)21)27-33(30,31)16-5-3-14-7-13(2)20(28)11-19(18(14)10-16)23(24,25)26/h3-6,8-11,13,27H,7H2,1-2H3. The highest BCUT2D eigenvalue weighted by Crippen LogP contribution is 2.39. The Bertz CT molecular complexity index is 1490. The Labute approximate surface area is 186 Å². The average Bonchev–Trinajstić information content (AvgIpc) is 2.83. The lowest BCUT2D eigenvalue weighted by molar-refractivity contribution is -0.118. The molecular weight excluding hydrogens is 459 g/mol. The van der Waals surface area contributed by atoms with Gasteiger partial charge in [-0.2, -0.15) is 13.2 Å². The predicted octanol–water partition coefficient (Wildman–Crippen LogP) is 4.61. The summed E-state index contributed by atoms with van der Waals surface area (Å²) in [6.07, 6.45) is -4.24. The van der Waals surface area contributed by atoms with Gasteiger partial charge in [0.2, 0.25) is 0 Å². The number of ketones is 1. The van der Waals surface area contributed by atoms with E-state index in [-0.39, 0.29) is 28.8 Å². The maximum absolute atomic E-state index is 13.7. The highest BCUT2D eigenvalue weighted by Gasteiger charge is 2.39. The van der Waals surface area contributed by atoms with E-state index < -0.39 is 44.0 Å². The molecule has 1 aliphatic rings. The van der Waals surface area contributed by atoms with Gasteiger partial charge >= 0.3 is 11.8 Å². The van der Waals surface area contributed by atoms with Crippen molar-refractivity contribution in [3.8, 4) is 0 Å². The van der Waals surface area contributed by atoms with Gasteiger partial charge in [-0.25, -0.2) is 13.2 Å². The average molecular weight is 477 g/mol. The molecule has 0 bridgehead atoms. The Balaban J connectivity index is 1.77. The molecule has 1 N–H and O–H groups in total. The summed E-state index contributed by atoms with van der Waals surface area (Å²) in [6.45, 7) is 3.23. The van der Waals surface area contributed by atoms with E-state index in [2.05, 4.69) is 4.72 Å². The summed E-state index contributed by atoms with van der Waals surface area (Å²) in [5, 5.41) is 0.612. The van der Waals surface area contributed by atoms with Gasteiger partial charge in [-0.05, 0) is 60.4 Å². The topological polar surface area (TPSA) is 93.4 Å². The van der Waals surface area contributed by atoms with Crippen molar-refractivity contribution in [2.45, 2.75) is 31.3 Å². The summed E-state index contributed by atoms with van der Waals surface area (Å²) in [7, 11) is -4.29. The third-order valence-electron chi connectivity index (χ3n) is 5.49. The second-order valence-electron chi connectivity index (χ2n) is 7.95. The zero-order chi connectivity index (χ0) is 24.1. The lowest BCUT2D eigenvalue weighted by atomic mass is 9.96. The summed E-state index contributed by atoms with van der Waals surface area (Å²) in [5.74, 6) is -1.34. The highest BCUT2D eigenvalue weighted by atomic mass is 32.2. The smallest absolute Gasteiger partial charge is 0.417 e. The van der Waals surface area contributed by atoms with E-state index in [0.717, 1.165) is 6.07 Å². The normalized spacial score (nSPS) is 16.8. The molecule has 4 rings (SSSR count). The number of hydrogen-bond donors (Lipinski definition) is 1. The molecule has 0 saturated heterocycles. The Morgan fingerprint density at radius 1 is 1.06 bits per heavy atom. The number of fused-ring (bicyclic) bond motifs is 2. The van der Waals surface area contributed by atoms with Gasteiger partial charge in [-0.1, -0.05) is 13.0 Å². The van der Waals surface area contributed by atoms with Crippen molar-refractivity contribution in [2.75, 3.05) is 4.72 Å². The number of anilines is 1. The van der Waals surface area contributed by atoms with Crippen LogP contribution in [0, 0.1) is 12.8 Å². The Hall–Kier alpha value is -3.40. The van der Waals surface area contributed by atoms with E-state index in [1.165, 1.54) is 37.3 Å². The molecule has 10 heteroatoms. The number of benzene rings is 2.